The van der Waals surface area contributed by atoms with E-state index in [1.807, 2.05) is 32.1 Å². The van der Waals surface area contributed by atoms with E-state index in [2.05, 4.69) is 6.58 Å². The molecule has 4 atom stereocenters. The van der Waals surface area contributed by atoms with E-state index >= 15 is 0 Å². The van der Waals surface area contributed by atoms with Crippen molar-refractivity contribution in [1.29, 1.82) is 0 Å². The number of halogens is 1. The van der Waals surface area contributed by atoms with Gasteiger partial charge in [0, 0.05) is 24.7 Å². The van der Waals surface area contributed by atoms with E-state index in [0.29, 0.717) is 24.3 Å². The molecule has 2 amide bonds. The molecular weight excluding hydrogens is 490 g/mol. The summed E-state index contributed by atoms with van der Waals surface area (Å²) in [5.41, 5.74) is 6.96. The maximum absolute atomic E-state index is 13.8. The molecule has 1 aromatic carbocycles. The van der Waals surface area contributed by atoms with Crippen LogP contribution in [0.25, 0.3) is 0 Å². The van der Waals surface area contributed by atoms with Crippen LogP contribution in [0.3, 0.4) is 0 Å². The Bertz CT molecular complexity index is 1080. The number of ether oxygens (including phenoxy) is 1. The lowest BCUT2D eigenvalue weighted by Gasteiger charge is -2.48. The van der Waals surface area contributed by atoms with E-state index in [4.69, 9.17) is 22.1 Å². The third-order valence-electron chi connectivity index (χ3n) is 6.64. The number of likely N-dealkylation sites (N-methyl/N-ethyl adjacent to an activating group) is 1. The van der Waals surface area contributed by atoms with E-state index in [1.165, 1.54) is 4.31 Å². The van der Waals surface area contributed by atoms with Crippen molar-refractivity contribution < 1.29 is 22.7 Å². The SMILES string of the molecule is C=CC(=CC)C1OC(CC(N)=O)C(=O)N(C(CC)CN(C)S(=O)(=O)C2CC2)C1c1ccc(Cl)cc1. The zero-order chi connectivity index (χ0) is 25.9. The number of sulfonamides is 1. The molecule has 3 rings (SSSR count). The predicted octanol–water partition coefficient (Wildman–Crippen LogP) is 3.19. The van der Waals surface area contributed by atoms with Crippen molar-refractivity contribution in [2.45, 2.75) is 69.1 Å². The topological polar surface area (TPSA) is 110 Å². The van der Waals surface area contributed by atoms with Gasteiger partial charge in [-0.15, -0.1) is 0 Å². The molecule has 4 unspecified atom stereocenters. The summed E-state index contributed by atoms with van der Waals surface area (Å²) in [7, 11) is -1.89. The second-order valence-electron chi connectivity index (χ2n) is 9.04. The first kappa shape index (κ1) is 27.4. The molecule has 2 N–H and O–H groups in total. The van der Waals surface area contributed by atoms with Gasteiger partial charge in [0.25, 0.3) is 5.91 Å². The van der Waals surface area contributed by atoms with Crippen LogP contribution < -0.4 is 5.73 Å². The minimum absolute atomic E-state index is 0.125. The first-order valence-electron chi connectivity index (χ1n) is 11.8. The second kappa shape index (κ2) is 11.2. The fourth-order valence-corrected chi connectivity index (χ4v) is 6.32. The Morgan fingerprint density at radius 1 is 1.34 bits per heavy atom. The second-order valence-corrected chi connectivity index (χ2v) is 11.8. The van der Waals surface area contributed by atoms with Gasteiger partial charge < -0.3 is 15.4 Å². The Labute approximate surface area is 212 Å². The van der Waals surface area contributed by atoms with Gasteiger partial charge in [-0.2, -0.15) is 0 Å². The van der Waals surface area contributed by atoms with Gasteiger partial charge in [0.2, 0.25) is 15.9 Å². The molecule has 10 heteroatoms. The Hall–Kier alpha value is -2.20. The number of hydrogen-bond acceptors (Lipinski definition) is 5. The molecule has 1 saturated carbocycles. The number of nitrogens with zero attached hydrogens (tertiary/aromatic N) is 2. The maximum Gasteiger partial charge on any atom is 0.253 e. The van der Waals surface area contributed by atoms with E-state index in [-0.39, 0.29) is 18.2 Å². The van der Waals surface area contributed by atoms with Crippen molar-refractivity contribution in [1.82, 2.24) is 9.21 Å². The summed E-state index contributed by atoms with van der Waals surface area (Å²) in [5, 5.41) is 0.187. The molecule has 2 aliphatic rings. The van der Waals surface area contributed by atoms with E-state index < -0.39 is 46.1 Å². The minimum Gasteiger partial charge on any atom is -0.370 e. The van der Waals surface area contributed by atoms with Crippen molar-refractivity contribution in [2.75, 3.05) is 13.6 Å². The number of morpholine rings is 1. The monoisotopic (exact) mass is 523 g/mol. The summed E-state index contributed by atoms with van der Waals surface area (Å²) in [6.07, 6.45) is 3.31. The summed E-state index contributed by atoms with van der Waals surface area (Å²) >= 11 is 6.13. The van der Waals surface area contributed by atoms with Crippen molar-refractivity contribution in [3.8, 4) is 0 Å². The lowest BCUT2D eigenvalue weighted by atomic mass is 9.89. The van der Waals surface area contributed by atoms with Crippen LogP contribution in [0.5, 0.6) is 0 Å². The molecule has 1 aliphatic carbocycles. The Balaban J connectivity index is 2.10. The normalized spacial score (nSPS) is 24.5. The number of hydrogen-bond donors (Lipinski definition) is 1. The van der Waals surface area contributed by atoms with E-state index in [1.54, 1.807) is 30.2 Å². The fraction of sp³-hybridized carbons (Fsp3) is 0.520. The highest BCUT2D eigenvalue weighted by molar-refractivity contribution is 7.90. The molecule has 192 valence electrons. The molecule has 35 heavy (non-hydrogen) atoms. The van der Waals surface area contributed by atoms with E-state index in [0.717, 1.165) is 11.1 Å². The van der Waals surface area contributed by atoms with Crippen LogP contribution in [0.4, 0.5) is 0 Å². The lowest BCUT2D eigenvalue weighted by Crippen LogP contribution is -2.60. The summed E-state index contributed by atoms with van der Waals surface area (Å²) in [5.74, 6) is -1.06. The summed E-state index contributed by atoms with van der Waals surface area (Å²) in [6, 6.07) is 6.07. The number of benzene rings is 1. The van der Waals surface area contributed by atoms with Gasteiger partial charge in [-0.05, 0) is 49.5 Å². The molecule has 2 fully saturated rings. The minimum atomic E-state index is -3.44. The van der Waals surface area contributed by atoms with Gasteiger partial charge in [0.1, 0.15) is 12.2 Å². The van der Waals surface area contributed by atoms with Crippen LogP contribution >= 0.6 is 11.6 Å². The molecule has 1 heterocycles. The standard InChI is InChI=1S/C25H34ClN3O5S/c1-5-16(6-2)24-23(17-8-10-18(26)11-9-17)29(25(31)21(34-24)14-22(27)30)19(7-3)15-28(4)35(32,33)20-12-13-20/h5-6,8-11,19-21,23-24H,1,7,12-15H2,2-4H3,(H2,27,30). The number of rotatable bonds is 11. The zero-order valence-electron chi connectivity index (χ0n) is 20.4. The molecule has 1 saturated heterocycles. The third kappa shape index (κ3) is 5.97. The van der Waals surface area contributed by atoms with Gasteiger partial charge >= 0.3 is 0 Å². The molecule has 1 aliphatic heterocycles. The highest BCUT2D eigenvalue weighted by Crippen LogP contribution is 2.40. The van der Waals surface area contributed by atoms with Gasteiger partial charge in [0.15, 0.2) is 0 Å². The van der Waals surface area contributed by atoms with Gasteiger partial charge in [-0.3, -0.25) is 9.59 Å². The zero-order valence-corrected chi connectivity index (χ0v) is 22.0. The maximum atomic E-state index is 13.8. The third-order valence-corrected chi connectivity index (χ3v) is 9.22. The van der Waals surface area contributed by atoms with Crippen LogP contribution in [0.15, 0.2) is 48.6 Å². The van der Waals surface area contributed by atoms with Crippen LogP contribution in [0.1, 0.15) is 51.1 Å². The first-order chi connectivity index (χ1) is 16.5. The largest absolute Gasteiger partial charge is 0.370 e. The smallest absolute Gasteiger partial charge is 0.253 e. The van der Waals surface area contributed by atoms with Crippen LogP contribution in [-0.4, -0.2) is 66.5 Å². The molecule has 1 aromatic rings. The molecule has 0 spiro atoms. The van der Waals surface area contributed by atoms with Crippen LogP contribution in [0, 0.1) is 0 Å². The summed E-state index contributed by atoms with van der Waals surface area (Å²) < 4.78 is 33.3. The average Bonchev–Trinajstić information content (AvgIpc) is 3.66. The molecule has 0 bridgehead atoms. The van der Waals surface area contributed by atoms with Crippen LogP contribution in [0.2, 0.25) is 5.02 Å². The highest BCUT2D eigenvalue weighted by atomic mass is 35.5. The van der Waals surface area contributed by atoms with Crippen molar-refractivity contribution in [2.24, 2.45) is 5.73 Å². The van der Waals surface area contributed by atoms with E-state index in [9.17, 15) is 18.0 Å². The number of allylic oxidation sites excluding steroid dienone is 1. The highest BCUT2D eigenvalue weighted by Gasteiger charge is 2.48. The van der Waals surface area contributed by atoms with Crippen molar-refractivity contribution >= 4 is 33.4 Å². The Morgan fingerprint density at radius 3 is 2.46 bits per heavy atom. The molecular formula is C25H34ClN3O5S. The average molecular weight is 524 g/mol. The number of carbonyl (C=O) groups is 2. The molecule has 0 aromatic heterocycles. The molecule has 0 radical (unpaired) electrons. The van der Waals surface area contributed by atoms with Gasteiger partial charge in [-0.1, -0.05) is 49.4 Å². The number of primary amides is 1. The van der Waals surface area contributed by atoms with Gasteiger partial charge in [-0.25, -0.2) is 12.7 Å². The van der Waals surface area contributed by atoms with Crippen LogP contribution in [-0.2, 0) is 24.3 Å². The van der Waals surface area contributed by atoms with Gasteiger partial charge in [0.05, 0.1) is 17.7 Å². The predicted molar refractivity (Wildman–Crippen MR) is 136 cm³/mol. The van der Waals surface area contributed by atoms with Crippen molar-refractivity contribution in [3.63, 3.8) is 0 Å². The Morgan fingerprint density at radius 2 is 1.97 bits per heavy atom. The quantitative estimate of drug-likeness (QED) is 0.448. The number of amides is 2. The number of carbonyl (C=O) groups excluding carboxylic acids is 2. The molecule has 8 nitrogen and oxygen atoms in total. The first-order valence-corrected chi connectivity index (χ1v) is 13.7. The Kier molecular flexibility index (Phi) is 8.80. The summed E-state index contributed by atoms with van der Waals surface area (Å²) in [4.78, 5) is 27.3. The number of nitrogens with two attached hydrogens (primary N) is 1. The fourth-order valence-electron chi connectivity index (χ4n) is 4.57. The van der Waals surface area contributed by atoms with Crippen molar-refractivity contribution in [3.05, 3.63) is 59.2 Å². The lowest BCUT2D eigenvalue weighted by molar-refractivity contribution is -0.175. The summed E-state index contributed by atoms with van der Waals surface area (Å²) in [6.45, 7) is 7.78.